The van der Waals surface area contributed by atoms with Crippen LogP contribution in [0.5, 0.6) is 23.0 Å². The molecule has 0 bridgehead atoms. The summed E-state index contributed by atoms with van der Waals surface area (Å²) in [5, 5.41) is 8.75. The smallest absolute Gasteiger partial charge is 0.330 e. The highest BCUT2D eigenvalue weighted by molar-refractivity contribution is 7.16. The second-order valence-electron chi connectivity index (χ2n) is 15.1. The topological polar surface area (TPSA) is 161 Å². The maximum atomic E-state index is 13.4. The van der Waals surface area contributed by atoms with Gasteiger partial charge in [-0.25, -0.2) is 4.79 Å². The molecular formula is C46H51N3O10S. The first-order chi connectivity index (χ1) is 29.2. The summed E-state index contributed by atoms with van der Waals surface area (Å²) in [5.41, 5.74) is 1.43. The second kappa shape index (κ2) is 21.9. The standard InChI is InChI=1S/C46H51N3O10S/c1-3-42(51)56-27-9-5-4-8-26-55-36-20-22-37(23-21-36)57-43(52)33-16-18-34(19-17-33)44(53)58-38-24-25-40(59-45(54)32-14-12-31(30-50)13-15-32)35(28-38)29-47-48-46-49(2)39-10-6-7-11-41(39)60-46/h3,6-7,10-11,20-25,28-34H,1,4-5,8-9,12-19,26-27H2,2H3/b47-29+,48-46+. The van der Waals surface area contributed by atoms with E-state index < -0.39 is 17.9 Å². The molecule has 0 atom stereocenters. The predicted octanol–water partition coefficient (Wildman–Crippen LogP) is 8.07. The van der Waals surface area contributed by atoms with Gasteiger partial charge in [-0.05, 0) is 132 Å². The summed E-state index contributed by atoms with van der Waals surface area (Å²) in [6.07, 6.45) is 11.4. The summed E-state index contributed by atoms with van der Waals surface area (Å²) < 4.78 is 31.1. The van der Waals surface area contributed by atoms with Gasteiger partial charge in [0.2, 0.25) is 4.80 Å². The Kier molecular flexibility index (Phi) is 16.0. The molecule has 0 aliphatic heterocycles. The molecule has 2 fully saturated rings. The van der Waals surface area contributed by atoms with Crippen LogP contribution in [-0.2, 0) is 35.8 Å². The molecular weight excluding hydrogens is 787 g/mol. The SMILES string of the molecule is C=CC(=O)OCCCCCCOc1ccc(OC(=O)C2CCC(C(=O)Oc3ccc(OC(=O)C4CCC(C=O)CC4)c(/C=N/N=c4/sc5ccccc5n4C)c3)CC2)cc1. The number of hydrogen-bond donors (Lipinski definition) is 0. The number of aldehydes is 1. The molecule has 0 saturated heterocycles. The third kappa shape index (κ3) is 12.3. The Labute approximate surface area is 353 Å². The third-order valence-electron chi connectivity index (χ3n) is 10.9. The largest absolute Gasteiger partial charge is 0.494 e. The fourth-order valence-corrected chi connectivity index (χ4v) is 8.31. The van der Waals surface area contributed by atoms with Crippen molar-refractivity contribution in [1.82, 2.24) is 4.57 Å². The van der Waals surface area contributed by atoms with E-state index in [4.69, 9.17) is 23.7 Å². The number of unbranched alkanes of at least 4 members (excludes halogenated alkanes) is 3. The Morgan fingerprint density at radius 1 is 0.733 bits per heavy atom. The van der Waals surface area contributed by atoms with E-state index in [1.807, 2.05) is 35.9 Å². The first kappa shape index (κ1) is 43.7. The molecule has 60 heavy (non-hydrogen) atoms. The zero-order chi connectivity index (χ0) is 42.3. The highest BCUT2D eigenvalue weighted by Gasteiger charge is 2.33. The molecule has 0 radical (unpaired) electrons. The van der Waals surface area contributed by atoms with Gasteiger partial charge in [-0.3, -0.25) is 14.4 Å². The van der Waals surface area contributed by atoms with Gasteiger partial charge in [0.1, 0.15) is 29.3 Å². The van der Waals surface area contributed by atoms with E-state index in [-0.39, 0.29) is 41.2 Å². The first-order valence-electron chi connectivity index (χ1n) is 20.6. The normalized spacial score (nSPS) is 19.4. The summed E-state index contributed by atoms with van der Waals surface area (Å²) in [7, 11) is 1.91. The van der Waals surface area contributed by atoms with Gasteiger partial charge in [0, 0.05) is 24.6 Å². The number of carbonyl (C=O) groups excluding carboxylic acids is 5. The molecule has 0 unspecified atom stereocenters. The van der Waals surface area contributed by atoms with Crippen molar-refractivity contribution in [3.8, 4) is 23.0 Å². The molecule has 14 heteroatoms. The number of carbonyl (C=O) groups is 5. The predicted molar refractivity (Wildman–Crippen MR) is 226 cm³/mol. The van der Waals surface area contributed by atoms with Gasteiger partial charge >= 0.3 is 23.9 Å². The minimum atomic E-state index is -0.409. The molecule has 1 aromatic heterocycles. The van der Waals surface area contributed by atoms with E-state index in [2.05, 4.69) is 16.8 Å². The van der Waals surface area contributed by atoms with Crippen molar-refractivity contribution in [2.75, 3.05) is 13.2 Å². The van der Waals surface area contributed by atoms with E-state index in [9.17, 15) is 24.0 Å². The molecule has 6 rings (SSSR count). The average Bonchev–Trinajstić information content (AvgIpc) is 3.60. The number of ether oxygens (including phenoxy) is 5. The Morgan fingerprint density at radius 3 is 1.97 bits per heavy atom. The highest BCUT2D eigenvalue weighted by Crippen LogP contribution is 2.34. The Morgan fingerprint density at radius 2 is 1.32 bits per heavy atom. The molecule has 316 valence electrons. The average molecular weight is 838 g/mol. The number of thiazole rings is 1. The maximum absolute atomic E-state index is 13.4. The highest BCUT2D eigenvalue weighted by atomic mass is 32.1. The fourth-order valence-electron chi connectivity index (χ4n) is 7.33. The van der Waals surface area contributed by atoms with Gasteiger partial charge in [-0.2, -0.15) is 5.10 Å². The molecule has 1 heterocycles. The molecule has 2 saturated carbocycles. The lowest BCUT2D eigenvalue weighted by molar-refractivity contribution is -0.145. The van der Waals surface area contributed by atoms with Gasteiger partial charge < -0.3 is 33.0 Å². The Hall–Kier alpha value is -5.89. The molecule has 2 aliphatic rings. The number of aromatic nitrogens is 1. The van der Waals surface area contributed by atoms with Crippen LogP contribution in [0.15, 0.2) is 89.6 Å². The van der Waals surface area contributed by atoms with Crippen LogP contribution in [0.2, 0.25) is 0 Å². The molecule has 2 aliphatic carbocycles. The molecule has 0 amide bonds. The van der Waals surface area contributed by atoms with Crippen molar-refractivity contribution in [2.24, 2.45) is 40.9 Å². The fraction of sp³-hybridized carbons (Fsp3) is 0.413. The molecule has 0 spiro atoms. The van der Waals surface area contributed by atoms with Crippen LogP contribution in [0.3, 0.4) is 0 Å². The van der Waals surface area contributed by atoms with Crippen molar-refractivity contribution in [2.45, 2.75) is 77.0 Å². The van der Waals surface area contributed by atoms with Crippen LogP contribution in [-0.4, -0.2) is 54.2 Å². The number of fused-ring (bicyclic) bond motifs is 1. The quantitative estimate of drug-likeness (QED) is 0.0182. The lowest BCUT2D eigenvalue weighted by Crippen LogP contribution is -2.30. The minimum Gasteiger partial charge on any atom is -0.494 e. The van der Waals surface area contributed by atoms with Crippen molar-refractivity contribution in [3.63, 3.8) is 0 Å². The lowest BCUT2D eigenvalue weighted by Gasteiger charge is -2.26. The van der Waals surface area contributed by atoms with E-state index in [0.717, 1.165) is 48.3 Å². The van der Waals surface area contributed by atoms with E-state index in [1.54, 1.807) is 42.5 Å². The zero-order valence-electron chi connectivity index (χ0n) is 33.8. The van der Waals surface area contributed by atoms with E-state index in [1.165, 1.54) is 17.6 Å². The summed E-state index contributed by atoms with van der Waals surface area (Å²) in [6, 6.07) is 19.6. The lowest BCUT2D eigenvalue weighted by atomic mass is 9.82. The van der Waals surface area contributed by atoms with Gasteiger partial charge in [0.25, 0.3) is 0 Å². The van der Waals surface area contributed by atoms with Gasteiger partial charge in [0.05, 0.1) is 47.4 Å². The van der Waals surface area contributed by atoms with Gasteiger partial charge in [-0.1, -0.05) is 30.0 Å². The minimum absolute atomic E-state index is 0.0285. The number of esters is 4. The van der Waals surface area contributed by atoms with E-state index in [0.29, 0.717) is 86.4 Å². The monoisotopic (exact) mass is 837 g/mol. The second-order valence-corrected chi connectivity index (χ2v) is 16.1. The number of aryl methyl sites for hydroxylation is 1. The Balaban J connectivity index is 0.999. The summed E-state index contributed by atoms with van der Waals surface area (Å²) in [6.45, 7) is 4.30. The van der Waals surface area contributed by atoms with Crippen LogP contribution < -0.4 is 23.7 Å². The van der Waals surface area contributed by atoms with Crippen molar-refractivity contribution in [1.29, 1.82) is 0 Å². The van der Waals surface area contributed by atoms with Crippen LogP contribution in [0.4, 0.5) is 0 Å². The summed E-state index contributed by atoms with van der Waals surface area (Å²) in [5.74, 6) is -1.01. The van der Waals surface area contributed by atoms with Crippen molar-refractivity contribution >= 4 is 57.9 Å². The third-order valence-corrected chi connectivity index (χ3v) is 12.0. The number of para-hydroxylation sites is 1. The molecule has 0 N–H and O–H groups in total. The number of benzene rings is 3. The van der Waals surface area contributed by atoms with Crippen LogP contribution >= 0.6 is 11.3 Å². The van der Waals surface area contributed by atoms with Crippen LogP contribution in [0.25, 0.3) is 10.2 Å². The number of hydrogen-bond acceptors (Lipinski definition) is 13. The van der Waals surface area contributed by atoms with Gasteiger partial charge in [0.15, 0.2) is 0 Å². The van der Waals surface area contributed by atoms with Crippen molar-refractivity contribution in [3.05, 3.63) is 89.7 Å². The number of rotatable bonds is 18. The van der Waals surface area contributed by atoms with Crippen molar-refractivity contribution < 1.29 is 47.7 Å². The molecule has 13 nitrogen and oxygen atoms in total. The Bertz CT molecular complexity index is 2230. The van der Waals surface area contributed by atoms with Crippen LogP contribution in [0.1, 0.15) is 82.6 Å². The summed E-state index contributed by atoms with van der Waals surface area (Å²) >= 11 is 1.49. The van der Waals surface area contributed by atoms with Gasteiger partial charge in [-0.15, -0.1) is 5.10 Å². The molecule has 3 aromatic carbocycles. The number of nitrogens with zero attached hydrogens (tertiary/aromatic N) is 3. The first-order valence-corrected chi connectivity index (χ1v) is 21.4. The zero-order valence-corrected chi connectivity index (χ0v) is 34.6. The summed E-state index contributed by atoms with van der Waals surface area (Å²) in [4.78, 5) is 62.6. The van der Waals surface area contributed by atoms with Crippen LogP contribution in [0, 0.1) is 23.7 Å². The molecule has 4 aromatic rings. The maximum Gasteiger partial charge on any atom is 0.330 e. The van der Waals surface area contributed by atoms with E-state index >= 15 is 0 Å².